The van der Waals surface area contributed by atoms with Crippen molar-refractivity contribution in [2.75, 3.05) is 11.3 Å². The number of nitrogens with one attached hydrogen (secondary N) is 3. The van der Waals surface area contributed by atoms with Crippen LogP contribution < -0.4 is 25.1 Å². The zero-order chi connectivity index (χ0) is 38.3. The number of nitrogens with zero attached hydrogens (tertiary/aromatic N) is 3. The number of ketones is 1. The van der Waals surface area contributed by atoms with Gasteiger partial charge in [0.25, 0.3) is 15.8 Å². The van der Waals surface area contributed by atoms with Crippen molar-refractivity contribution in [2.24, 2.45) is 0 Å². The van der Waals surface area contributed by atoms with Gasteiger partial charge in [-0.25, -0.2) is 9.97 Å². The number of hydrogen-bond acceptors (Lipinski definition) is 10. The zero-order valence-corrected chi connectivity index (χ0v) is 30.3. The summed E-state index contributed by atoms with van der Waals surface area (Å²) in [5.41, 5.74) is 0.687. The summed E-state index contributed by atoms with van der Waals surface area (Å²) < 4.78 is 42.7. The number of pyridine rings is 1. The molecule has 2 atom stereocenters. The Labute approximate surface area is 312 Å². The lowest BCUT2D eigenvalue weighted by Crippen LogP contribution is -2.51. The maximum Gasteiger partial charge on any atom is 0.303 e. The Morgan fingerprint density at radius 3 is 2.13 bits per heavy atom. The molecule has 0 saturated heterocycles. The van der Waals surface area contributed by atoms with Crippen molar-refractivity contribution >= 4 is 33.6 Å². The van der Waals surface area contributed by atoms with E-state index in [2.05, 4.69) is 24.7 Å². The number of carbonyl (C=O) groups is 3. The van der Waals surface area contributed by atoms with Gasteiger partial charge < -0.3 is 14.8 Å². The fourth-order valence-corrected chi connectivity index (χ4v) is 6.39. The highest BCUT2D eigenvalue weighted by molar-refractivity contribution is 7.90. The van der Waals surface area contributed by atoms with Crippen LogP contribution in [0.25, 0.3) is 11.4 Å². The lowest BCUT2D eigenvalue weighted by molar-refractivity contribution is -0.155. The SMILES string of the molecule is CC(=O)O[C@@H](C(=O)CCCOc1ccccn1)[C@H](Cc1ccccc1)NC(=O)Cn1c(-c2ccccc2)ncc(NS(=O)(=O)NCc2ccccc2)c1=O. The fourth-order valence-electron chi connectivity index (χ4n) is 5.53. The number of rotatable bonds is 19. The standard InChI is InChI=1S/C39H40N6O8S/c1-28(46)53-37(34(47)20-13-23-52-36-21-11-12-22-40-36)32(24-29-14-5-2-6-15-29)43-35(48)27-45-38(31-18-9-4-10-19-31)41-26-33(39(45)49)44-54(50,51)42-25-30-16-7-3-8-17-30/h2-12,14-19,21-22,26,32,37,42,44H,13,20,23-25,27H2,1H3,(H,43,48)/t32-,37+/m0/s1. The highest BCUT2D eigenvalue weighted by Gasteiger charge is 2.33. The van der Waals surface area contributed by atoms with E-state index in [0.29, 0.717) is 17.0 Å². The summed E-state index contributed by atoms with van der Waals surface area (Å²) in [5, 5.41) is 2.81. The topological polar surface area (TPSA) is 188 Å². The Kier molecular flexibility index (Phi) is 13.8. The molecule has 0 bridgehead atoms. The number of hydrogen-bond donors (Lipinski definition) is 3. The number of Topliss-reactive ketones (excluding diaryl/α,β-unsaturated/α-hetero) is 1. The van der Waals surface area contributed by atoms with Gasteiger partial charge in [-0.2, -0.15) is 13.1 Å². The molecule has 14 nitrogen and oxygen atoms in total. The average Bonchev–Trinajstić information content (AvgIpc) is 3.17. The van der Waals surface area contributed by atoms with Crippen LogP contribution in [0.15, 0.2) is 126 Å². The Balaban J connectivity index is 1.39. The van der Waals surface area contributed by atoms with Gasteiger partial charge in [0.15, 0.2) is 11.9 Å². The molecule has 54 heavy (non-hydrogen) atoms. The van der Waals surface area contributed by atoms with Crippen molar-refractivity contribution in [1.29, 1.82) is 0 Å². The third-order valence-electron chi connectivity index (χ3n) is 8.01. The normalized spacial score (nSPS) is 12.2. The highest BCUT2D eigenvalue weighted by Crippen LogP contribution is 2.18. The van der Waals surface area contributed by atoms with Crippen molar-refractivity contribution in [3.8, 4) is 17.3 Å². The summed E-state index contributed by atoms with van der Waals surface area (Å²) in [4.78, 5) is 62.2. The van der Waals surface area contributed by atoms with Gasteiger partial charge in [0.05, 0.1) is 18.8 Å². The fraction of sp³-hybridized carbons (Fsp3) is 0.231. The second-order valence-corrected chi connectivity index (χ2v) is 13.6. The van der Waals surface area contributed by atoms with Crippen LogP contribution in [0.5, 0.6) is 5.88 Å². The number of benzene rings is 3. The van der Waals surface area contributed by atoms with E-state index < -0.39 is 57.8 Å². The minimum absolute atomic E-state index is 0.0338. The molecule has 0 aliphatic rings. The van der Waals surface area contributed by atoms with Gasteiger partial charge in [-0.3, -0.25) is 28.5 Å². The minimum Gasteiger partial charge on any atom is -0.478 e. The Bertz CT molecular complexity index is 2170. The smallest absolute Gasteiger partial charge is 0.303 e. The molecule has 0 fully saturated rings. The Morgan fingerprint density at radius 1 is 0.833 bits per heavy atom. The van der Waals surface area contributed by atoms with Crippen LogP contribution >= 0.6 is 0 Å². The number of ether oxygens (including phenoxy) is 2. The second kappa shape index (κ2) is 19.0. The van der Waals surface area contributed by atoms with Crippen molar-refractivity contribution in [1.82, 2.24) is 24.6 Å². The molecule has 2 aromatic heterocycles. The van der Waals surface area contributed by atoms with E-state index in [0.717, 1.165) is 16.3 Å². The third-order valence-corrected chi connectivity index (χ3v) is 9.02. The van der Waals surface area contributed by atoms with Crippen LogP contribution in [0.3, 0.4) is 0 Å². The molecule has 15 heteroatoms. The lowest BCUT2D eigenvalue weighted by Gasteiger charge is -2.27. The Hall–Kier alpha value is -6.19. The molecule has 0 spiro atoms. The maximum absolute atomic E-state index is 13.9. The van der Waals surface area contributed by atoms with E-state index in [1.165, 1.54) is 6.92 Å². The number of aromatic nitrogens is 3. The quantitative estimate of drug-likeness (QED) is 0.0827. The summed E-state index contributed by atoms with van der Waals surface area (Å²) in [6.45, 7) is 0.688. The van der Waals surface area contributed by atoms with Crippen LogP contribution in [0.2, 0.25) is 0 Å². The van der Waals surface area contributed by atoms with Crippen molar-refractivity contribution in [3.63, 3.8) is 0 Å². The molecular formula is C39H40N6O8S. The second-order valence-electron chi connectivity index (χ2n) is 12.1. The highest BCUT2D eigenvalue weighted by atomic mass is 32.2. The van der Waals surface area contributed by atoms with Gasteiger partial charge in [-0.1, -0.05) is 97.1 Å². The molecule has 0 radical (unpaired) electrons. The summed E-state index contributed by atoms with van der Waals surface area (Å²) in [7, 11) is -4.24. The molecule has 0 unspecified atom stereocenters. The molecule has 280 valence electrons. The molecule has 0 aliphatic carbocycles. The lowest BCUT2D eigenvalue weighted by atomic mass is 9.96. The average molecular weight is 753 g/mol. The first-order chi connectivity index (χ1) is 26.1. The van der Waals surface area contributed by atoms with Crippen LogP contribution in [-0.2, 0) is 48.8 Å². The van der Waals surface area contributed by atoms with Crippen molar-refractivity contribution < 1.29 is 32.3 Å². The number of carbonyl (C=O) groups excluding carboxylic acids is 3. The van der Waals surface area contributed by atoms with Crippen molar-refractivity contribution in [3.05, 3.63) is 143 Å². The maximum atomic E-state index is 13.9. The summed E-state index contributed by atoms with van der Waals surface area (Å²) in [5.74, 6) is -1.40. The van der Waals surface area contributed by atoms with Crippen LogP contribution in [0.4, 0.5) is 5.69 Å². The minimum atomic E-state index is -4.24. The van der Waals surface area contributed by atoms with Gasteiger partial charge in [0.2, 0.25) is 11.8 Å². The number of esters is 1. The number of anilines is 1. The van der Waals surface area contributed by atoms with E-state index in [1.807, 2.05) is 6.07 Å². The zero-order valence-electron chi connectivity index (χ0n) is 29.5. The Morgan fingerprint density at radius 2 is 1.48 bits per heavy atom. The van der Waals surface area contributed by atoms with Crippen molar-refractivity contribution in [2.45, 2.75) is 51.4 Å². The van der Waals surface area contributed by atoms with Crippen LogP contribution in [0, 0.1) is 0 Å². The summed E-state index contributed by atoms with van der Waals surface area (Å²) in [6.07, 6.45) is 1.65. The molecule has 3 N–H and O–H groups in total. The summed E-state index contributed by atoms with van der Waals surface area (Å²) >= 11 is 0. The van der Waals surface area contributed by atoms with Gasteiger partial charge >= 0.3 is 5.97 Å². The van der Waals surface area contributed by atoms with Gasteiger partial charge in [-0.05, 0) is 30.0 Å². The van der Waals surface area contributed by atoms with Crippen LogP contribution in [-0.4, -0.2) is 59.4 Å². The first kappa shape index (κ1) is 39.0. The molecule has 5 aromatic rings. The van der Waals surface area contributed by atoms with Gasteiger partial charge in [-0.15, -0.1) is 0 Å². The molecule has 3 aromatic carbocycles. The molecule has 0 saturated carbocycles. The van der Waals surface area contributed by atoms with E-state index in [9.17, 15) is 27.6 Å². The van der Waals surface area contributed by atoms with E-state index in [1.54, 1.807) is 109 Å². The third kappa shape index (κ3) is 11.7. The molecule has 1 amide bonds. The largest absolute Gasteiger partial charge is 0.478 e. The predicted molar refractivity (Wildman–Crippen MR) is 201 cm³/mol. The molecule has 2 heterocycles. The molecular weight excluding hydrogens is 713 g/mol. The first-order valence-electron chi connectivity index (χ1n) is 17.1. The van der Waals surface area contributed by atoms with E-state index in [4.69, 9.17) is 9.47 Å². The predicted octanol–water partition coefficient (Wildman–Crippen LogP) is 3.84. The first-order valence-corrected chi connectivity index (χ1v) is 18.6. The van der Waals surface area contributed by atoms with Gasteiger partial charge in [0.1, 0.15) is 18.1 Å². The molecule has 0 aliphatic heterocycles. The summed E-state index contributed by atoms with van der Waals surface area (Å²) in [6, 6.07) is 30.6. The monoisotopic (exact) mass is 752 g/mol. The van der Waals surface area contributed by atoms with E-state index in [-0.39, 0.29) is 38.2 Å². The van der Waals surface area contributed by atoms with Gasteiger partial charge in [0, 0.05) is 37.7 Å². The number of amides is 1. The van der Waals surface area contributed by atoms with Crippen LogP contribution in [0.1, 0.15) is 30.9 Å². The molecule has 5 rings (SSSR count). The van der Waals surface area contributed by atoms with E-state index >= 15 is 0 Å².